The predicted molar refractivity (Wildman–Crippen MR) is 64.2 cm³/mol. The van der Waals surface area contributed by atoms with Crippen LogP contribution in [0.1, 0.15) is 15.4 Å². The summed E-state index contributed by atoms with van der Waals surface area (Å²) in [6.45, 7) is 0. The molecule has 2 rings (SSSR count). The number of aromatic nitrogens is 1. The van der Waals surface area contributed by atoms with Gasteiger partial charge in [-0.05, 0) is 34.1 Å². The van der Waals surface area contributed by atoms with E-state index >= 15 is 0 Å². The van der Waals surface area contributed by atoms with E-state index in [1.807, 2.05) is 11.4 Å². The monoisotopic (exact) mass is 299 g/mol. The lowest BCUT2D eigenvalue weighted by Crippen LogP contribution is -2.07. The van der Waals surface area contributed by atoms with Gasteiger partial charge in [0.1, 0.15) is 5.69 Å². The molecule has 0 atom stereocenters. The minimum atomic E-state index is -0.567. The van der Waals surface area contributed by atoms with Gasteiger partial charge < -0.3 is 0 Å². The number of ketones is 1. The molecule has 16 heavy (non-hydrogen) atoms. The summed E-state index contributed by atoms with van der Waals surface area (Å²) in [5.74, 6) is -0.865. The number of thiophene rings is 1. The lowest BCUT2D eigenvalue weighted by atomic mass is 10.1. The second-order valence-corrected chi connectivity index (χ2v) is 5.08. The van der Waals surface area contributed by atoms with E-state index in [1.165, 1.54) is 29.7 Å². The highest BCUT2D eigenvalue weighted by Gasteiger charge is 2.14. The minimum Gasteiger partial charge on any atom is -0.292 e. The minimum absolute atomic E-state index is 0.0907. The Labute approximate surface area is 104 Å². The van der Waals surface area contributed by atoms with Crippen molar-refractivity contribution in [3.8, 4) is 0 Å². The Hall–Kier alpha value is -1.07. The summed E-state index contributed by atoms with van der Waals surface area (Å²) in [6, 6.07) is 4.56. The quantitative estimate of drug-likeness (QED) is 0.812. The van der Waals surface area contributed by atoms with Crippen molar-refractivity contribution in [1.29, 1.82) is 0 Å². The van der Waals surface area contributed by atoms with Gasteiger partial charge in [-0.1, -0.05) is 0 Å². The maximum atomic E-state index is 13.3. The fraction of sp³-hybridized carbons (Fsp3) is 0.0909. The molecule has 2 aromatic rings. The van der Waals surface area contributed by atoms with Crippen molar-refractivity contribution in [3.05, 3.63) is 50.6 Å². The van der Waals surface area contributed by atoms with Gasteiger partial charge in [-0.15, -0.1) is 11.3 Å². The van der Waals surface area contributed by atoms with Crippen LogP contribution in [0.4, 0.5) is 4.39 Å². The smallest absolute Gasteiger partial charge is 0.189 e. The summed E-state index contributed by atoms with van der Waals surface area (Å²) < 4.78 is 14.2. The number of pyridine rings is 1. The van der Waals surface area contributed by atoms with Crippen molar-refractivity contribution in [2.75, 3.05) is 0 Å². The summed E-state index contributed by atoms with van der Waals surface area (Å²) in [4.78, 5) is 16.4. The van der Waals surface area contributed by atoms with E-state index in [1.54, 1.807) is 0 Å². The van der Waals surface area contributed by atoms with Gasteiger partial charge in [-0.25, -0.2) is 4.39 Å². The molecule has 0 spiro atoms. The van der Waals surface area contributed by atoms with Gasteiger partial charge in [0.15, 0.2) is 11.6 Å². The number of halogens is 2. The van der Waals surface area contributed by atoms with Gasteiger partial charge in [-0.3, -0.25) is 9.78 Å². The standard InChI is InChI=1S/C11H7BrFNOS/c12-7-4-8(16-6-7)5-10(15)11-9(13)2-1-3-14-11/h1-4,6H,5H2. The molecule has 0 saturated carbocycles. The summed E-state index contributed by atoms with van der Waals surface area (Å²) in [7, 11) is 0. The number of hydrogen-bond donors (Lipinski definition) is 0. The summed E-state index contributed by atoms with van der Waals surface area (Å²) in [6.07, 6.45) is 1.60. The van der Waals surface area contributed by atoms with Gasteiger partial charge in [0.2, 0.25) is 0 Å². The summed E-state index contributed by atoms with van der Waals surface area (Å²) in [5.41, 5.74) is -0.0907. The number of carbonyl (C=O) groups excluding carboxylic acids is 1. The van der Waals surface area contributed by atoms with Crippen molar-refractivity contribution in [1.82, 2.24) is 4.98 Å². The first-order valence-corrected chi connectivity index (χ1v) is 6.20. The van der Waals surface area contributed by atoms with Crippen LogP contribution < -0.4 is 0 Å². The molecule has 2 aromatic heterocycles. The molecule has 0 N–H and O–H groups in total. The van der Waals surface area contributed by atoms with Crippen molar-refractivity contribution in [2.45, 2.75) is 6.42 Å². The maximum absolute atomic E-state index is 13.3. The van der Waals surface area contributed by atoms with E-state index in [0.717, 1.165) is 9.35 Å². The van der Waals surface area contributed by atoms with Gasteiger partial charge in [0, 0.05) is 27.3 Å². The van der Waals surface area contributed by atoms with E-state index in [9.17, 15) is 9.18 Å². The van der Waals surface area contributed by atoms with Crippen LogP contribution in [0.25, 0.3) is 0 Å². The van der Waals surface area contributed by atoms with Gasteiger partial charge in [-0.2, -0.15) is 0 Å². The second-order valence-electron chi connectivity index (χ2n) is 3.17. The Morgan fingerprint density at radius 2 is 2.38 bits per heavy atom. The number of rotatable bonds is 3. The Kier molecular flexibility index (Phi) is 3.46. The van der Waals surface area contributed by atoms with Crippen LogP contribution in [0, 0.1) is 5.82 Å². The zero-order valence-corrected chi connectivity index (χ0v) is 10.5. The van der Waals surface area contributed by atoms with E-state index in [0.29, 0.717) is 0 Å². The molecule has 5 heteroatoms. The van der Waals surface area contributed by atoms with E-state index in [2.05, 4.69) is 20.9 Å². The molecule has 0 fully saturated rings. The fourth-order valence-electron chi connectivity index (χ4n) is 1.28. The van der Waals surface area contributed by atoms with Crippen LogP contribution in [0.15, 0.2) is 34.2 Å². The third-order valence-electron chi connectivity index (χ3n) is 1.98. The molecule has 0 aliphatic heterocycles. The zero-order chi connectivity index (χ0) is 11.5. The molecule has 0 bridgehead atoms. The third kappa shape index (κ3) is 2.54. The Morgan fingerprint density at radius 1 is 1.56 bits per heavy atom. The molecule has 0 amide bonds. The number of carbonyl (C=O) groups is 1. The Bertz CT molecular complexity index is 526. The van der Waals surface area contributed by atoms with Crippen LogP contribution in [0.2, 0.25) is 0 Å². The first kappa shape index (κ1) is 11.4. The van der Waals surface area contributed by atoms with Crippen LogP contribution >= 0.6 is 27.3 Å². The van der Waals surface area contributed by atoms with Crippen molar-refractivity contribution in [3.63, 3.8) is 0 Å². The molecule has 0 radical (unpaired) electrons. The average Bonchev–Trinajstić information content (AvgIpc) is 2.64. The molecular formula is C11H7BrFNOS. The molecule has 0 aromatic carbocycles. The highest BCUT2D eigenvalue weighted by molar-refractivity contribution is 9.10. The summed E-state index contributed by atoms with van der Waals surface area (Å²) >= 11 is 4.76. The molecule has 0 aliphatic carbocycles. The van der Waals surface area contributed by atoms with Crippen molar-refractivity contribution in [2.24, 2.45) is 0 Å². The Balaban J connectivity index is 2.18. The molecule has 2 heterocycles. The zero-order valence-electron chi connectivity index (χ0n) is 8.11. The van der Waals surface area contributed by atoms with Crippen LogP contribution in [0.5, 0.6) is 0 Å². The van der Waals surface area contributed by atoms with Crippen LogP contribution in [-0.2, 0) is 6.42 Å². The molecule has 82 valence electrons. The maximum Gasteiger partial charge on any atom is 0.189 e. The number of nitrogens with zero attached hydrogens (tertiary/aromatic N) is 1. The Morgan fingerprint density at radius 3 is 3.00 bits per heavy atom. The van der Waals surface area contributed by atoms with Crippen LogP contribution in [0.3, 0.4) is 0 Å². The second kappa shape index (κ2) is 4.84. The van der Waals surface area contributed by atoms with E-state index in [-0.39, 0.29) is 17.9 Å². The average molecular weight is 300 g/mol. The highest BCUT2D eigenvalue weighted by Crippen LogP contribution is 2.21. The molecule has 0 aliphatic rings. The highest BCUT2D eigenvalue weighted by atomic mass is 79.9. The van der Waals surface area contributed by atoms with Gasteiger partial charge in [0.05, 0.1) is 0 Å². The molecular weight excluding hydrogens is 293 g/mol. The topological polar surface area (TPSA) is 30.0 Å². The fourth-order valence-corrected chi connectivity index (χ4v) is 2.73. The number of Topliss-reactive ketones (excluding diaryl/α,β-unsaturated/α-hetero) is 1. The third-order valence-corrected chi connectivity index (χ3v) is 3.68. The first-order chi connectivity index (χ1) is 7.66. The van der Waals surface area contributed by atoms with E-state index < -0.39 is 5.82 Å². The van der Waals surface area contributed by atoms with Crippen LogP contribution in [-0.4, -0.2) is 10.8 Å². The molecule has 2 nitrogen and oxygen atoms in total. The number of hydrogen-bond acceptors (Lipinski definition) is 3. The molecule has 0 saturated heterocycles. The van der Waals surface area contributed by atoms with E-state index in [4.69, 9.17) is 0 Å². The summed E-state index contributed by atoms with van der Waals surface area (Å²) in [5, 5.41) is 1.89. The van der Waals surface area contributed by atoms with Crippen molar-refractivity contribution >= 4 is 33.0 Å². The van der Waals surface area contributed by atoms with Crippen molar-refractivity contribution < 1.29 is 9.18 Å². The first-order valence-electron chi connectivity index (χ1n) is 4.53. The lowest BCUT2D eigenvalue weighted by molar-refractivity contribution is 0.0985. The van der Waals surface area contributed by atoms with Gasteiger partial charge in [0.25, 0.3) is 0 Å². The normalized spacial score (nSPS) is 10.4. The largest absolute Gasteiger partial charge is 0.292 e. The lowest BCUT2D eigenvalue weighted by Gasteiger charge is -1.99. The molecule has 0 unspecified atom stereocenters. The SMILES string of the molecule is O=C(Cc1cc(Br)cs1)c1ncccc1F. The predicted octanol–water partition coefficient (Wildman–Crippen LogP) is 3.47. The van der Waals surface area contributed by atoms with Gasteiger partial charge >= 0.3 is 0 Å².